The molecule has 0 bridgehead atoms. The minimum Gasteiger partial charge on any atom is -0.497 e. The average Bonchev–Trinajstić information content (AvgIpc) is 2.98. The summed E-state index contributed by atoms with van der Waals surface area (Å²) < 4.78 is 10.6. The molecule has 1 aliphatic carbocycles. The molecule has 0 N–H and O–H groups in total. The van der Waals surface area contributed by atoms with Gasteiger partial charge in [-0.1, -0.05) is 12.8 Å². The van der Waals surface area contributed by atoms with Crippen LogP contribution in [-0.2, 0) is 4.79 Å². The third-order valence-electron chi connectivity index (χ3n) is 3.80. The van der Waals surface area contributed by atoms with E-state index in [0.29, 0.717) is 5.92 Å². The van der Waals surface area contributed by atoms with Crippen molar-refractivity contribution in [1.29, 1.82) is 0 Å². The van der Waals surface area contributed by atoms with Crippen LogP contribution in [-0.4, -0.2) is 20.3 Å². The van der Waals surface area contributed by atoms with Crippen LogP contribution in [0.5, 0.6) is 11.5 Å². The monoisotopic (exact) mass is 261 g/mol. The molecule has 4 heteroatoms. The molecule has 1 atom stereocenters. The second-order valence-electron chi connectivity index (χ2n) is 4.82. The van der Waals surface area contributed by atoms with Crippen LogP contribution in [0.15, 0.2) is 23.2 Å². The highest BCUT2D eigenvalue weighted by Gasteiger charge is 2.28. The van der Waals surface area contributed by atoms with Gasteiger partial charge in [0.25, 0.3) is 0 Å². The normalized spacial score (nSPS) is 16.7. The lowest BCUT2D eigenvalue weighted by Crippen LogP contribution is -2.09. The van der Waals surface area contributed by atoms with E-state index >= 15 is 0 Å². The molecule has 0 spiro atoms. The molecule has 1 aromatic rings. The zero-order valence-corrected chi connectivity index (χ0v) is 11.4. The van der Waals surface area contributed by atoms with Crippen molar-refractivity contribution >= 4 is 6.08 Å². The van der Waals surface area contributed by atoms with Gasteiger partial charge in [0, 0.05) is 11.6 Å². The molecular formula is C15H19NO3. The van der Waals surface area contributed by atoms with E-state index in [1.165, 1.54) is 12.8 Å². The Hall–Kier alpha value is -1.80. The molecule has 1 aliphatic rings. The Bertz CT molecular complexity index is 474. The van der Waals surface area contributed by atoms with Crippen LogP contribution in [0.2, 0.25) is 0 Å². The fourth-order valence-corrected chi connectivity index (χ4v) is 2.82. The molecule has 0 amide bonds. The standard InChI is InChI=1S/C15H19NO3/c1-18-12-7-8-13(14(9-12)19-2)15(16-10-17)11-5-3-4-6-11/h7-9,11,15H,3-6H2,1-2H3. The van der Waals surface area contributed by atoms with E-state index in [1.807, 2.05) is 18.2 Å². The smallest absolute Gasteiger partial charge is 0.235 e. The molecule has 0 saturated heterocycles. The minimum atomic E-state index is -0.152. The van der Waals surface area contributed by atoms with Crippen LogP contribution < -0.4 is 9.47 Å². The van der Waals surface area contributed by atoms with Crippen LogP contribution in [0.25, 0.3) is 0 Å². The number of ether oxygens (including phenoxy) is 2. The summed E-state index contributed by atoms with van der Waals surface area (Å²) in [6, 6.07) is 5.49. The lowest BCUT2D eigenvalue weighted by molar-refractivity contribution is 0.375. The number of nitrogens with zero attached hydrogens (tertiary/aromatic N) is 1. The van der Waals surface area contributed by atoms with Gasteiger partial charge in [0.05, 0.1) is 20.3 Å². The summed E-state index contributed by atoms with van der Waals surface area (Å²) in [5.41, 5.74) is 0.943. The zero-order valence-electron chi connectivity index (χ0n) is 11.4. The Morgan fingerprint density at radius 3 is 2.58 bits per heavy atom. The van der Waals surface area contributed by atoms with Gasteiger partial charge in [0.15, 0.2) is 0 Å². The van der Waals surface area contributed by atoms with Gasteiger partial charge in [-0.15, -0.1) is 0 Å². The van der Waals surface area contributed by atoms with E-state index in [4.69, 9.17) is 9.47 Å². The van der Waals surface area contributed by atoms with Crippen LogP contribution in [0.1, 0.15) is 37.3 Å². The number of methoxy groups -OCH3 is 2. The van der Waals surface area contributed by atoms with E-state index in [0.717, 1.165) is 29.9 Å². The largest absolute Gasteiger partial charge is 0.497 e. The Morgan fingerprint density at radius 2 is 2.00 bits per heavy atom. The first-order chi connectivity index (χ1) is 9.30. The Kier molecular flexibility index (Phi) is 4.58. The topological polar surface area (TPSA) is 47.9 Å². The maximum absolute atomic E-state index is 10.7. The SMILES string of the molecule is COc1ccc(C(N=C=O)C2CCCC2)c(OC)c1. The number of rotatable bonds is 5. The second kappa shape index (κ2) is 6.39. The van der Waals surface area contributed by atoms with Crippen molar-refractivity contribution < 1.29 is 14.3 Å². The van der Waals surface area contributed by atoms with Crippen molar-refractivity contribution in [2.24, 2.45) is 10.9 Å². The quantitative estimate of drug-likeness (QED) is 0.603. The van der Waals surface area contributed by atoms with Crippen molar-refractivity contribution in [3.05, 3.63) is 23.8 Å². The molecule has 0 aliphatic heterocycles. The molecule has 4 nitrogen and oxygen atoms in total. The second-order valence-corrected chi connectivity index (χ2v) is 4.82. The number of benzene rings is 1. The molecule has 1 aromatic carbocycles. The minimum absolute atomic E-state index is 0.152. The number of aliphatic imine (C=N–C) groups is 1. The van der Waals surface area contributed by atoms with Gasteiger partial charge in [-0.05, 0) is 30.9 Å². The third-order valence-corrected chi connectivity index (χ3v) is 3.80. The average molecular weight is 261 g/mol. The predicted molar refractivity (Wildman–Crippen MR) is 72.4 cm³/mol. The molecule has 0 radical (unpaired) electrons. The summed E-state index contributed by atoms with van der Waals surface area (Å²) in [7, 11) is 3.24. The van der Waals surface area contributed by atoms with Gasteiger partial charge in [-0.3, -0.25) is 0 Å². The van der Waals surface area contributed by atoms with Gasteiger partial charge < -0.3 is 9.47 Å². The van der Waals surface area contributed by atoms with Crippen LogP contribution in [0, 0.1) is 5.92 Å². The summed E-state index contributed by atoms with van der Waals surface area (Å²) in [5.74, 6) is 1.86. The molecule has 1 saturated carbocycles. The summed E-state index contributed by atoms with van der Waals surface area (Å²) in [6.07, 6.45) is 6.32. The van der Waals surface area contributed by atoms with Gasteiger partial charge in [0.2, 0.25) is 6.08 Å². The summed E-state index contributed by atoms with van der Waals surface area (Å²) >= 11 is 0. The van der Waals surface area contributed by atoms with Crippen molar-refractivity contribution in [1.82, 2.24) is 0 Å². The van der Waals surface area contributed by atoms with Crippen LogP contribution in [0.4, 0.5) is 0 Å². The highest BCUT2D eigenvalue weighted by Crippen LogP contribution is 2.42. The highest BCUT2D eigenvalue weighted by molar-refractivity contribution is 5.45. The third kappa shape index (κ3) is 2.96. The summed E-state index contributed by atoms with van der Waals surface area (Å²) in [6.45, 7) is 0. The number of carbonyl (C=O) groups excluding carboxylic acids is 1. The molecule has 2 rings (SSSR count). The maximum Gasteiger partial charge on any atom is 0.235 e. The first-order valence-electron chi connectivity index (χ1n) is 6.59. The summed E-state index contributed by atoms with van der Waals surface area (Å²) in [5, 5.41) is 0. The van der Waals surface area contributed by atoms with Gasteiger partial charge in [-0.25, -0.2) is 4.79 Å². The van der Waals surface area contributed by atoms with Crippen LogP contribution >= 0.6 is 0 Å². The Labute approximate surface area is 113 Å². The van der Waals surface area contributed by atoms with Gasteiger partial charge >= 0.3 is 0 Å². The van der Waals surface area contributed by atoms with Crippen molar-refractivity contribution in [2.75, 3.05) is 14.2 Å². The molecule has 0 aromatic heterocycles. The Morgan fingerprint density at radius 1 is 1.26 bits per heavy atom. The van der Waals surface area contributed by atoms with Crippen LogP contribution in [0.3, 0.4) is 0 Å². The van der Waals surface area contributed by atoms with E-state index in [2.05, 4.69) is 4.99 Å². The molecule has 1 fully saturated rings. The molecule has 102 valence electrons. The first kappa shape index (κ1) is 13.6. The van der Waals surface area contributed by atoms with Gasteiger partial charge in [-0.2, -0.15) is 4.99 Å². The predicted octanol–water partition coefficient (Wildman–Crippen LogP) is 3.27. The zero-order chi connectivity index (χ0) is 13.7. The molecular weight excluding hydrogens is 242 g/mol. The van der Waals surface area contributed by atoms with E-state index < -0.39 is 0 Å². The fraction of sp³-hybridized carbons (Fsp3) is 0.533. The number of hydrogen-bond donors (Lipinski definition) is 0. The first-order valence-corrected chi connectivity index (χ1v) is 6.59. The van der Waals surface area contributed by atoms with Gasteiger partial charge in [0.1, 0.15) is 11.5 Å². The molecule has 0 heterocycles. The van der Waals surface area contributed by atoms with Crippen molar-refractivity contribution in [3.8, 4) is 11.5 Å². The molecule has 1 unspecified atom stereocenters. The van der Waals surface area contributed by atoms with E-state index in [9.17, 15) is 4.79 Å². The number of hydrogen-bond acceptors (Lipinski definition) is 4. The summed E-state index contributed by atoms with van der Waals surface area (Å²) in [4.78, 5) is 14.7. The molecule has 19 heavy (non-hydrogen) atoms. The lowest BCUT2D eigenvalue weighted by atomic mass is 9.91. The van der Waals surface area contributed by atoms with Crippen molar-refractivity contribution in [2.45, 2.75) is 31.7 Å². The fourth-order valence-electron chi connectivity index (χ4n) is 2.82. The highest BCUT2D eigenvalue weighted by atomic mass is 16.5. The Balaban J connectivity index is 2.37. The van der Waals surface area contributed by atoms with Crippen molar-refractivity contribution in [3.63, 3.8) is 0 Å². The maximum atomic E-state index is 10.7. The van der Waals surface area contributed by atoms with E-state index in [-0.39, 0.29) is 6.04 Å². The lowest BCUT2D eigenvalue weighted by Gasteiger charge is -2.20. The number of isocyanates is 1. The van der Waals surface area contributed by atoms with E-state index in [1.54, 1.807) is 20.3 Å².